The minimum atomic E-state index is -0.639. The molecule has 0 amide bonds. The topological polar surface area (TPSA) is 91.0 Å². The Morgan fingerprint density at radius 2 is 2.00 bits per heavy atom. The summed E-state index contributed by atoms with van der Waals surface area (Å²) in [6, 6.07) is 9.14. The Bertz CT molecular complexity index is 841. The van der Waals surface area contributed by atoms with Crippen molar-refractivity contribution >= 4 is 28.2 Å². The molecule has 104 valence electrons. The van der Waals surface area contributed by atoms with Gasteiger partial charge in [0.2, 0.25) is 5.28 Å². The van der Waals surface area contributed by atoms with Crippen LogP contribution in [0.4, 0.5) is 5.69 Å². The minimum Gasteiger partial charge on any atom is -0.432 e. The van der Waals surface area contributed by atoms with Crippen LogP contribution in [0.3, 0.4) is 0 Å². The molecular weight excluding hydrogens is 296 g/mol. The summed E-state index contributed by atoms with van der Waals surface area (Å²) >= 11 is 5.64. The number of nitrogens with zero attached hydrogens (tertiary/aromatic N) is 4. The summed E-state index contributed by atoms with van der Waals surface area (Å²) in [6.45, 7) is 0. The van der Waals surface area contributed by atoms with Crippen LogP contribution in [0.2, 0.25) is 5.28 Å². The number of aromatic nitrogens is 3. The predicted octanol–water partition coefficient (Wildman–Crippen LogP) is 3.38. The van der Waals surface area contributed by atoms with Crippen LogP contribution in [-0.4, -0.2) is 19.9 Å². The first-order valence-corrected chi connectivity index (χ1v) is 6.21. The number of pyridine rings is 1. The molecule has 3 rings (SSSR count). The van der Waals surface area contributed by atoms with Crippen molar-refractivity contribution in [2.45, 2.75) is 0 Å². The van der Waals surface area contributed by atoms with Gasteiger partial charge in [-0.15, -0.1) is 0 Å². The maximum atomic E-state index is 10.9. The number of halogens is 1. The van der Waals surface area contributed by atoms with Gasteiger partial charge in [0.25, 0.3) is 0 Å². The Hall–Kier alpha value is -2.80. The number of nitro groups is 1. The van der Waals surface area contributed by atoms with Crippen molar-refractivity contribution in [2.24, 2.45) is 0 Å². The largest absolute Gasteiger partial charge is 0.432 e. The lowest BCUT2D eigenvalue weighted by Crippen LogP contribution is -1.98. The number of para-hydroxylation sites is 1. The molecule has 0 unspecified atom stereocenters. The van der Waals surface area contributed by atoms with Crippen LogP contribution in [0.25, 0.3) is 10.9 Å². The highest BCUT2D eigenvalue weighted by molar-refractivity contribution is 6.28. The number of rotatable bonds is 3. The van der Waals surface area contributed by atoms with Crippen LogP contribution >= 0.6 is 11.6 Å². The van der Waals surface area contributed by atoms with Crippen molar-refractivity contribution in [2.75, 3.05) is 0 Å². The van der Waals surface area contributed by atoms with E-state index in [4.69, 9.17) is 16.3 Å². The van der Waals surface area contributed by atoms with Gasteiger partial charge in [-0.3, -0.25) is 15.1 Å². The number of fused-ring (bicyclic) bond motifs is 1. The summed E-state index contributed by atoms with van der Waals surface area (Å²) in [5.41, 5.74) is 0.424. The molecule has 1 aromatic carbocycles. The lowest BCUT2D eigenvalue weighted by molar-refractivity contribution is -0.386. The maximum absolute atomic E-state index is 10.9. The molecule has 2 aromatic heterocycles. The van der Waals surface area contributed by atoms with Crippen molar-refractivity contribution in [1.29, 1.82) is 0 Å². The van der Waals surface area contributed by atoms with Crippen LogP contribution in [0, 0.1) is 10.1 Å². The number of hydrogen-bond donors (Lipinski definition) is 0. The van der Waals surface area contributed by atoms with Crippen molar-refractivity contribution in [3.8, 4) is 11.6 Å². The fourth-order valence-electron chi connectivity index (χ4n) is 1.76. The normalized spacial score (nSPS) is 10.5. The fourth-order valence-corrected chi connectivity index (χ4v) is 1.88. The summed E-state index contributed by atoms with van der Waals surface area (Å²) < 4.78 is 5.42. The third kappa shape index (κ3) is 2.72. The second-order valence-electron chi connectivity index (χ2n) is 4.05. The molecule has 0 radical (unpaired) electrons. The fraction of sp³-hybridized carbons (Fsp3) is 0. The van der Waals surface area contributed by atoms with E-state index in [1.54, 1.807) is 6.07 Å². The van der Waals surface area contributed by atoms with Gasteiger partial charge in [-0.1, -0.05) is 18.2 Å². The third-order valence-electron chi connectivity index (χ3n) is 2.68. The Kier molecular flexibility index (Phi) is 3.33. The molecule has 0 saturated heterocycles. The molecule has 0 N–H and O–H groups in total. The first-order valence-electron chi connectivity index (χ1n) is 5.83. The SMILES string of the molecule is O=[N+]([O-])c1cnc(Cl)nc1Oc1cnc2ccccc2c1. The Morgan fingerprint density at radius 3 is 2.81 bits per heavy atom. The zero-order valence-corrected chi connectivity index (χ0v) is 11.2. The van der Waals surface area contributed by atoms with E-state index in [0.717, 1.165) is 17.1 Å². The van der Waals surface area contributed by atoms with Gasteiger partial charge in [0, 0.05) is 5.39 Å². The summed E-state index contributed by atoms with van der Waals surface area (Å²) in [5.74, 6) is 0.101. The third-order valence-corrected chi connectivity index (χ3v) is 2.87. The monoisotopic (exact) mass is 302 g/mol. The highest BCUT2D eigenvalue weighted by atomic mass is 35.5. The summed E-state index contributed by atoms with van der Waals surface area (Å²) in [7, 11) is 0. The van der Waals surface area contributed by atoms with E-state index in [0.29, 0.717) is 5.75 Å². The van der Waals surface area contributed by atoms with E-state index >= 15 is 0 Å². The van der Waals surface area contributed by atoms with Gasteiger partial charge in [-0.2, -0.15) is 4.98 Å². The van der Waals surface area contributed by atoms with Crippen LogP contribution < -0.4 is 4.74 Å². The van der Waals surface area contributed by atoms with Crippen LogP contribution in [-0.2, 0) is 0 Å². The average Bonchev–Trinajstić information content (AvgIpc) is 2.47. The van der Waals surface area contributed by atoms with Gasteiger partial charge >= 0.3 is 11.6 Å². The molecule has 0 aliphatic carbocycles. The molecule has 2 heterocycles. The summed E-state index contributed by atoms with van der Waals surface area (Å²) in [6.07, 6.45) is 2.46. The van der Waals surface area contributed by atoms with E-state index in [1.807, 2.05) is 24.3 Å². The standard InChI is InChI=1S/C13H7ClN4O3/c14-13-16-7-11(18(19)20)12(17-13)21-9-5-8-3-1-2-4-10(8)15-6-9/h1-7H. The van der Waals surface area contributed by atoms with Crippen LogP contribution in [0.1, 0.15) is 0 Å². The second kappa shape index (κ2) is 5.29. The van der Waals surface area contributed by atoms with Crippen molar-refractivity contribution in [1.82, 2.24) is 15.0 Å². The van der Waals surface area contributed by atoms with E-state index in [9.17, 15) is 10.1 Å². The minimum absolute atomic E-state index is 0.135. The van der Waals surface area contributed by atoms with Gasteiger partial charge in [-0.05, 0) is 23.7 Å². The number of ether oxygens (including phenoxy) is 1. The first kappa shape index (κ1) is 13.2. The van der Waals surface area contributed by atoms with Crippen molar-refractivity contribution < 1.29 is 9.66 Å². The number of hydrogen-bond acceptors (Lipinski definition) is 6. The summed E-state index contributed by atoms with van der Waals surface area (Å²) in [4.78, 5) is 21.8. The predicted molar refractivity (Wildman–Crippen MR) is 75.5 cm³/mol. The van der Waals surface area contributed by atoms with Gasteiger partial charge in [0.1, 0.15) is 11.9 Å². The van der Waals surface area contributed by atoms with E-state index in [1.165, 1.54) is 6.20 Å². The zero-order valence-electron chi connectivity index (χ0n) is 10.4. The van der Waals surface area contributed by atoms with Crippen molar-refractivity contribution in [3.05, 3.63) is 58.1 Å². The van der Waals surface area contributed by atoms with E-state index < -0.39 is 4.92 Å². The molecule has 21 heavy (non-hydrogen) atoms. The van der Waals surface area contributed by atoms with Gasteiger partial charge in [0.15, 0.2) is 0 Å². The molecule has 7 nitrogen and oxygen atoms in total. The quantitative estimate of drug-likeness (QED) is 0.418. The highest BCUT2D eigenvalue weighted by Crippen LogP contribution is 2.30. The number of benzene rings is 1. The van der Waals surface area contributed by atoms with Crippen LogP contribution in [0.5, 0.6) is 11.6 Å². The Balaban J connectivity index is 2.02. The summed E-state index contributed by atoms with van der Waals surface area (Å²) in [5, 5.41) is 11.6. The lowest BCUT2D eigenvalue weighted by atomic mass is 10.2. The Morgan fingerprint density at radius 1 is 1.19 bits per heavy atom. The highest BCUT2D eigenvalue weighted by Gasteiger charge is 2.19. The average molecular weight is 303 g/mol. The Labute approximate surface area is 123 Å². The molecule has 8 heteroatoms. The van der Waals surface area contributed by atoms with Crippen molar-refractivity contribution in [3.63, 3.8) is 0 Å². The molecule has 0 aliphatic rings. The molecular formula is C13H7ClN4O3. The molecule has 0 atom stereocenters. The van der Waals surface area contributed by atoms with Gasteiger partial charge in [0.05, 0.1) is 16.6 Å². The van der Waals surface area contributed by atoms with E-state index in [-0.39, 0.29) is 16.9 Å². The van der Waals surface area contributed by atoms with Crippen LogP contribution in [0.15, 0.2) is 42.7 Å². The zero-order chi connectivity index (χ0) is 14.8. The van der Waals surface area contributed by atoms with E-state index in [2.05, 4.69) is 15.0 Å². The van der Waals surface area contributed by atoms with Gasteiger partial charge in [-0.25, -0.2) is 4.98 Å². The maximum Gasteiger partial charge on any atom is 0.349 e. The smallest absolute Gasteiger partial charge is 0.349 e. The molecule has 0 bridgehead atoms. The van der Waals surface area contributed by atoms with Gasteiger partial charge < -0.3 is 4.74 Å². The molecule has 0 saturated carbocycles. The first-order chi connectivity index (χ1) is 10.1. The molecule has 0 aliphatic heterocycles. The second-order valence-corrected chi connectivity index (χ2v) is 4.39. The molecule has 3 aromatic rings. The lowest BCUT2D eigenvalue weighted by Gasteiger charge is -2.05. The molecule has 0 spiro atoms. The molecule has 0 fully saturated rings.